The Kier molecular flexibility index (Phi) is 1.80. The number of hydrogen-bond donors (Lipinski definition) is 2. The molecule has 0 atom stereocenters. The lowest BCUT2D eigenvalue weighted by atomic mass is 10.5. The summed E-state index contributed by atoms with van der Waals surface area (Å²) in [6.45, 7) is 2.07. The molecule has 5 heteroatoms. The van der Waals surface area contributed by atoms with Crippen molar-refractivity contribution in [3.8, 4) is 0 Å². The highest BCUT2D eigenvalue weighted by Gasteiger charge is 1.97. The number of anilines is 1. The smallest absolute Gasteiger partial charge is 0.329 e. The van der Waals surface area contributed by atoms with Crippen LogP contribution in [0.15, 0.2) is 15.7 Å². The van der Waals surface area contributed by atoms with Crippen molar-refractivity contribution >= 4 is 5.82 Å². The van der Waals surface area contributed by atoms with E-state index in [2.05, 4.69) is 4.98 Å². The highest BCUT2D eigenvalue weighted by atomic mass is 16.2. The predicted octanol–water partition coefficient (Wildman–Crippen LogP) is -0.861. The maximum Gasteiger partial charge on any atom is 0.329 e. The molecule has 0 bridgehead atoms. The van der Waals surface area contributed by atoms with Gasteiger partial charge in [-0.1, -0.05) is 0 Å². The molecule has 0 fully saturated rings. The molecule has 0 spiro atoms. The van der Waals surface area contributed by atoms with Gasteiger partial charge < -0.3 is 5.73 Å². The summed E-state index contributed by atoms with van der Waals surface area (Å²) < 4.78 is 1.07. The van der Waals surface area contributed by atoms with Gasteiger partial charge in [0.05, 0.1) is 0 Å². The van der Waals surface area contributed by atoms with E-state index in [1.165, 1.54) is 6.07 Å². The van der Waals surface area contributed by atoms with Crippen molar-refractivity contribution in [3.05, 3.63) is 26.9 Å². The standard InChI is InChI=1S/C6H9N3O2/c1-2-9-5(10)3-4(7)8-6(9)11/h3H,2,7H2,1H3,(H,8,11). The van der Waals surface area contributed by atoms with Gasteiger partial charge in [-0.15, -0.1) is 0 Å². The molecule has 0 aliphatic rings. The fraction of sp³-hybridized carbons (Fsp3) is 0.333. The van der Waals surface area contributed by atoms with Gasteiger partial charge in [0.1, 0.15) is 5.82 Å². The first kappa shape index (κ1) is 7.59. The van der Waals surface area contributed by atoms with Gasteiger partial charge in [0, 0.05) is 12.6 Å². The van der Waals surface area contributed by atoms with Crippen LogP contribution in [0.5, 0.6) is 0 Å². The van der Waals surface area contributed by atoms with Gasteiger partial charge in [-0.3, -0.25) is 14.3 Å². The Bertz CT molecular complexity index is 332. The summed E-state index contributed by atoms with van der Waals surface area (Å²) >= 11 is 0. The molecular weight excluding hydrogens is 146 g/mol. The number of aromatic nitrogens is 2. The van der Waals surface area contributed by atoms with Gasteiger partial charge in [0.15, 0.2) is 0 Å². The van der Waals surface area contributed by atoms with Crippen LogP contribution in [0.2, 0.25) is 0 Å². The second-order valence-electron chi connectivity index (χ2n) is 2.11. The van der Waals surface area contributed by atoms with Gasteiger partial charge in [-0.2, -0.15) is 0 Å². The number of nitrogen functional groups attached to an aromatic ring is 1. The first-order valence-corrected chi connectivity index (χ1v) is 3.24. The summed E-state index contributed by atoms with van der Waals surface area (Å²) in [7, 11) is 0. The molecule has 0 amide bonds. The molecule has 0 aromatic carbocycles. The van der Waals surface area contributed by atoms with Gasteiger partial charge in [0.25, 0.3) is 5.56 Å². The molecule has 1 aromatic heterocycles. The number of nitrogens with one attached hydrogen (secondary N) is 1. The number of H-pyrrole nitrogens is 1. The van der Waals surface area contributed by atoms with Crippen molar-refractivity contribution < 1.29 is 0 Å². The number of rotatable bonds is 1. The van der Waals surface area contributed by atoms with E-state index in [0.717, 1.165) is 4.57 Å². The van der Waals surface area contributed by atoms with Crippen LogP contribution in [-0.4, -0.2) is 9.55 Å². The normalized spacial score (nSPS) is 9.91. The lowest BCUT2D eigenvalue weighted by molar-refractivity contribution is 0.675. The number of nitrogens with zero attached hydrogens (tertiary/aromatic N) is 1. The zero-order valence-corrected chi connectivity index (χ0v) is 6.13. The third kappa shape index (κ3) is 1.31. The summed E-state index contributed by atoms with van der Waals surface area (Å²) in [4.78, 5) is 24.2. The minimum absolute atomic E-state index is 0.102. The van der Waals surface area contributed by atoms with Crippen LogP contribution < -0.4 is 17.0 Å². The predicted molar refractivity (Wildman–Crippen MR) is 41.4 cm³/mol. The van der Waals surface area contributed by atoms with Crippen molar-refractivity contribution in [1.82, 2.24) is 9.55 Å². The topological polar surface area (TPSA) is 80.9 Å². The first-order valence-electron chi connectivity index (χ1n) is 3.24. The molecule has 1 aromatic rings. The van der Waals surface area contributed by atoms with Gasteiger partial charge in [-0.05, 0) is 6.92 Å². The average molecular weight is 155 g/mol. The summed E-state index contributed by atoms with van der Waals surface area (Å²) in [6.07, 6.45) is 0. The molecular formula is C6H9N3O2. The van der Waals surface area contributed by atoms with E-state index in [1.54, 1.807) is 6.92 Å². The van der Waals surface area contributed by atoms with Crippen molar-refractivity contribution in [3.63, 3.8) is 0 Å². The molecule has 0 unspecified atom stereocenters. The van der Waals surface area contributed by atoms with E-state index >= 15 is 0 Å². The van der Waals surface area contributed by atoms with Crippen LogP contribution in [0.4, 0.5) is 5.82 Å². The zero-order chi connectivity index (χ0) is 8.43. The SMILES string of the molecule is CCn1c(=O)cc(N)[nH]c1=O. The fourth-order valence-electron chi connectivity index (χ4n) is 0.838. The van der Waals surface area contributed by atoms with Crippen molar-refractivity contribution in [2.45, 2.75) is 13.5 Å². The Morgan fingerprint density at radius 2 is 2.27 bits per heavy atom. The van der Waals surface area contributed by atoms with Crippen molar-refractivity contribution in [1.29, 1.82) is 0 Å². The van der Waals surface area contributed by atoms with E-state index in [1.807, 2.05) is 0 Å². The van der Waals surface area contributed by atoms with Gasteiger partial charge in [-0.25, -0.2) is 4.79 Å². The van der Waals surface area contributed by atoms with E-state index in [4.69, 9.17) is 5.73 Å². The number of aromatic amines is 1. The maximum absolute atomic E-state index is 11.0. The molecule has 3 N–H and O–H groups in total. The first-order chi connectivity index (χ1) is 5.15. The van der Waals surface area contributed by atoms with Crippen molar-refractivity contribution in [2.75, 3.05) is 5.73 Å². The second-order valence-corrected chi connectivity index (χ2v) is 2.11. The Hall–Kier alpha value is -1.52. The minimum Gasteiger partial charge on any atom is -0.385 e. The molecule has 0 saturated carbocycles. The van der Waals surface area contributed by atoms with Crippen LogP contribution in [0.3, 0.4) is 0 Å². The van der Waals surface area contributed by atoms with E-state index in [0.29, 0.717) is 6.54 Å². The summed E-state index contributed by atoms with van der Waals surface area (Å²) in [5.41, 5.74) is 4.39. The highest BCUT2D eigenvalue weighted by molar-refractivity contribution is 5.23. The van der Waals surface area contributed by atoms with E-state index in [-0.39, 0.29) is 11.4 Å². The van der Waals surface area contributed by atoms with Crippen LogP contribution in [-0.2, 0) is 6.54 Å². The summed E-state index contributed by atoms with van der Waals surface area (Å²) in [5, 5.41) is 0. The highest BCUT2D eigenvalue weighted by Crippen LogP contribution is 1.81. The Labute approximate surface area is 62.5 Å². The monoisotopic (exact) mass is 155 g/mol. The lowest BCUT2D eigenvalue weighted by Gasteiger charge is -1.98. The third-order valence-corrected chi connectivity index (χ3v) is 1.36. The van der Waals surface area contributed by atoms with Crippen molar-refractivity contribution in [2.24, 2.45) is 0 Å². The van der Waals surface area contributed by atoms with Gasteiger partial charge in [0.2, 0.25) is 0 Å². The van der Waals surface area contributed by atoms with Crippen LogP contribution >= 0.6 is 0 Å². The van der Waals surface area contributed by atoms with Crippen LogP contribution in [0.25, 0.3) is 0 Å². The Morgan fingerprint density at radius 3 is 2.73 bits per heavy atom. The molecule has 60 valence electrons. The minimum atomic E-state index is -0.461. The Morgan fingerprint density at radius 1 is 1.64 bits per heavy atom. The summed E-state index contributed by atoms with van der Waals surface area (Å²) in [6, 6.07) is 1.19. The largest absolute Gasteiger partial charge is 0.385 e. The average Bonchev–Trinajstić information content (AvgIpc) is 1.85. The van der Waals surface area contributed by atoms with Gasteiger partial charge >= 0.3 is 5.69 Å². The lowest BCUT2D eigenvalue weighted by Crippen LogP contribution is -2.34. The quantitative estimate of drug-likeness (QED) is 0.553. The summed E-state index contributed by atoms with van der Waals surface area (Å²) in [5.74, 6) is 0.102. The van der Waals surface area contributed by atoms with Crippen LogP contribution in [0, 0.1) is 0 Å². The molecule has 0 saturated heterocycles. The third-order valence-electron chi connectivity index (χ3n) is 1.36. The van der Waals surface area contributed by atoms with Crippen LogP contribution in [0.1, 0.15) is 6.92 Å². The molecule has 0 radical (unpaired) electrons. The molecule has 0 aliphatic carbocycles. The fourth-order valence-corrected chi connectivity index (χ4v) is 0.838. The maximum atomic E-state index is 11.0. The Balaban J connectivity index is 3.50. The molecule has 5 nitrogen and oxygen atoms in total. The second kappa shape index (κ2) is 2.61. The molecule has 1 rings (SSSR count). The molecule has 1 heterocycles. The van der Waals surface area contributed by atoms with E-state index < -0.39 is 5.69 Å². The van der Waals surface area contributed by atoms with E-state index in [9.17, 15) is 9.59 Å². The molecule has 0 aliphatic heterocycles. The molecule has 11 heavy (non-hydrogen) atoms. The number of hydrogen-bond acceptors (Lipinski definition) is 3. The number of nitrogens with two attached hydrogens (primary N) is 1. The zero-order valence-electron chi connectivity index (χ0n) is 6.13.